The summed E-state index contributed by atoms with van der Waals surface area (Å²) in [5.41, 5.74) is 0.365. The van der Waals surface area contributed by atoms with Crippen molar-refractivity contribution in [3.05, 3.63) is 113 Å². The lowest BCUT2D eigenvalue weighted by molar-refractivity contribution is -0.127. The molecule has 0 unspecified atom stereocenters. The predicted molar refractivity (Wildman–Crippen MR) is 187 cm³/mol. The Morgan fingerprint density at radius 3 is 2.42 bits per heavy atom. The van der Waals surface area contributed by atoms with Gasteiger partial charge in [-0.2, -0.15) is 4.98 Å². The molecule has 1 saturated heterocycles. The zero-order valence-corrected chi connectivity index (χ0v) is 28.7. The SMILES string of the molecule is COc1cc(/C=C2\SC(=O)N(CC(=O)Nc3ccc(F)cc3)C2=O)ccc1Oc1nc2c(c(=O)n(C)c(=O)n2C)n1Cc1ccc(Cl)cc1Cl. The summed E-state index contributed by atoms with van der Waals surface area (Å²) in [4.78, 5) is 69.6. The van der Waals surface area contributed by atoms with Crippen LogP contribution in [0.3, 0.4) is 0 Å². The first kappa shape index (κ1) is 34.5. The van der Waals surface area contributed by atoms with E-state index in [1.165, 1.54) is 60.7 Å². The molecule has 50 heavy (non-hydrogen) atoms. The Bertz CT molecular complexity index is 2370. The number of halogens is 3. The number of benzene rings is 3. The molecule has 13 nitrogen and oxygen atoms in total. The molecule has 0 bridgehead atoms. The molecule has 3 amide bonds. The number of imide groups is 1. The van der Waals surface area contributed by atoms with E-state index in [2.05, 4.69) is 10.3 Å². The fourth-order valence-electron chi connectivity index (χ4n) is 5.09. The van der Waals surface area contributed by atoms with Crippen molar-refractivity contribution in [2.75, 3.05) is 19.0 Å². The number of carbonyl (C=O) groups is 3. The first-order valence-corrected chi connectivity index (χ1v) is 16.2. The second-order valence-corrected chi connectivity index (χ2v) is 12.8. The average Bonchev–Trinajstić information content (AvgIpc) is 3.57. The molecule has 1 aliphatic heterocycles. The average molecular weight is 740 g/mol. The van der Waals surface area contributed by atoms with E-state index in [-0.39, 0.29) is 40.1 Å². The maximum absolute atomic E-state index is 13.3. The van der Waals surface area contributed by atoms with Gasteiger partial charge in [0.1, 0.15) is 12.4 Å². The van der Waals surface area contributed by atoms with Crippen LogP contribution in [-0.4, -0.2) is 54.3 Å². The summed E-state index contributed by atoms with van der Waals surface area (Å²) in [7, 11) is 4.24. The number of hydrogen-bond donors (Lipinski definition) is 1. The van der Waals surface area contributed by atoms with E-state index < -0.39 is 40.7 Å². The fraction of sp³-hybridized carbons (Fsp3) is 0.152. The topological polar surface area (TPSA) is 147 Å². The van der Waals surface area contributed by atoms with Crippen molar-refractivity contribution >= 4 is 74.9 Å². The molecule has 0 aliphatic carbocycles. The number of nitrogens with one attached hydrogen (secondary N) is 1. The van der Waals surface area contributed by atoms with Crippen molar-refractivity contribution in [3.63, 3.8) is 0 Å². The van der Waals surface area contributed by atoms with Crippen molar-refractivity contribution in [1.29, 1.82) is 0 Å². The van der Waals surface area contributed by atoms with E-state index in [1.807, 2.05) is 0 Å². The molecule has 0 atom stereocenters. The fourth-order valence-corrected chi connectivity index (χ4v) is 6.40. The number of rotatable bonds is 9. The minimum Gasteiger partial charge on any atom is -0.493 e. The van der Waals surface area contributed by atoms with Gasteiger partial charge in [0.25, 0.3) is 16.7 Å². The Hall–Kier alpha value is -5.38. The highest BCUT2D eigenvalue weighted by Crippen LogP contribution is 2.37. The summed E-state index contributed by atoms with van der Waals surface area (Å²) in [5.74, 6) is -1.40. The van der Waals surface area contributed by atoms with Gasteiger partial charge >= 0.3 is 11.7 Å². The third-order valence-electron chi connectivity index (χ3n) is 7.65. The van der Waals surface area contributed by atoms with Gasteiger partial charge in [-0.15, -0.1) is 0 Å². The minimum atomic E-state index is -0.671. The number of carbonyl (C=O) groups excluding carboxylic acids is 3. The van der Waals surface area contributed by atoms with Crippen LogP contribution in [0.2, 0.25) is 10.0 Å². The molecule has 5 aromatic rings. The van der Waals surface area contributed by atoms with E-state index >= 15 is 0 Å². The number of imidazole rings is 1. The van der Waals surface area contributed by atoms with Gasteiger partial charge in [-0.3, -0.25) is 37.8 Å². The number of hydrogen-bond acceptors (Lipinski definition) is 9. The molecule has 2 aromatic heterocycles. The lowest BCUT2D eigenvalue weighted by Gasteiger charge is -2.14. The standard InChI is InChI=1S/C33H25Cl2FN6O7S/c1-39-28-27(30(45)40(2)32(39)46)41(15-18-5-6-19(34)14-22(18)35)31(38-28)49-23-11-4-17(12-24(23)48-3)13-25-29(44)42(33(47)50-25)16-26(43)37-21-9-7-20(36)8-10-21/h4-14H,15-16H2,1-3H3,(H,37,43)/b25-13-. The van der Waals surface area contributed by atoms with Gasteiger partial charge in [-0.1, -0.05) is 35.3 Å². The molecule has 0 saturated carbocycles. The first-order valence-electron chi connectivity index (χ1n) is 14.6. The predicted octanol–water partition coefficient (Wildman–Crippen LogP) is 5.40. The molecule has 0 spiro atoms. The van der Waals surface area contributed by atoms with Crippen LogP contribution in [0.25, 0.3) is 17.2 Å². The number of thioether (sulfide) groups is 1. The van der Waals surface area contributed by atoms with Crippen LogP contribution in [0.15, 0.2) is 75.2 Å². The minimum absolute atomic E-state index is 0.0353. The number of methoxy groups -OCH3 is 1. The first-order chi connectivity index (χ1) is 23.8. The summed E-state index contributed by atoms with van der Waals surface area (Å²) < 4.78 is 28.6. The van der Waals surface area contributed by atoms with Crippen molar-refractivity contribution in [2.24, 2.45) is 14.1 Å². The molecule has 256 valence electrons. The summed E-state index contributed by atoms with van der Waals surface area (Å²) in [6.45, 7) is -0.500. The van der Waals surface area contributed by atoms with E-state index in [1.54, 1.807) is 36.4 Å². The highest BCUT2D eigenvalue weighted by atomic mass is 35.5. The quantitative estimate of drug-likeness (QED) is 0.196. The summed E-state index contributed by atoms with van der Waals surface area (Å²) in [5, 5.41) is 2.65. The number of fused-ring (bicyclic) bond motifs is 1. The number of anilines is 1. The molecular weight excluding hydrogens is 714 g/mol. The zero-order valence-electron chi connectivity index (χ0n) is 26.4. The number of ether oxygens (including phenoxy) is 2. The summed E-state index contributed by atoms with van der Waals surface area (Å²) in [6, 6.07) is 14.6. The maximum Gasteiger partial charge on any atom is 0.332 e. The molecule has 3 aromatic carbocycles. The van der Waals surface area contributed by atoms with Gasteiger partial charge < -0.3 is 14.8 Å². The third-order valence-corrected chi connectivity index (χ3v) is 9.14. The van der Waals surface area contributed by atoms with Gasteiger partial charge in [0.05, 0.1) is 18.6 Å². The van der Waals surface area contributed by atoms with E-state index in [4.69, 9.17) is 32.7 Å². The van der Waals surface area contributed by atoms with Crippen LogP contribution in [0.1, 0.15) is 11.1 Å². The summed E-state index contributed by atoms with van der Waals surface area (Å²) in [6.07, 6.45) is 1.46. The Balaban J connectivity index is 1.29. The van der Waals surface area contributed by atoms with Crippen molar-refractivity contribution in [3.8, 4) is 17.5 Å². The molecule has 1 N–H and O–H groups in total. The van der Waals surface area contributed by atoms with Crippen LogP contribution in [0.5, 0.6) is 17.5 Å². The lowest BCUT2D eigenvalue weighted by atomic mass is 10.2. The maximum atomic E-state index is 13.3. The van der Waals surface area contributed by atoms with E-state index in [0.29, 0.717) is 38.6 Å². The Morgan fingerprint density at radius 1 is 0.980 bits per heavy atom. The molecular formula is C33H25Cl2FN6O7S. The molecule has 17 heteroatoms. The molecule has 6 rings (SSSR count). The number of aromatic nitrogens is 4. The summed E-state index contributed by atoms with van der Waals surface area (Å²) >= 11 is 13.2. The highest BCUT2D eigenvalue weighted by Gasteiger charge is 2.36. The molecule has 0 radical (unpaired) electrons. The van der Waals surface area contributed by atoms with Crippen LogP contribution in [-0.2, 0) is 30.2 Å². The molecule has 3 heterocycles. The van der Waals surface area contributed by atoms with Crippen LogP contribution >= 0.6 is 35.0 Å². The molecule has 1 fully saturated rings. The Kier molecular flexibility index (Phi) is 9.56. The largest absolute Gasteiger partial charge is 0.493 e. The second kappa shape index (κ2) is 13.9. The van der Waals surface area contributed by atoms with Gasteiger partial charge in [0, 0.05) is 29.8 Å². The van der Waals surface area contributed by atoms with Crippen molar-refractivity contribution in [2.45, 2.75) is 6.54 Å². The van der Waals surface area contributed by atoms with Crippen LogP contribution in [0, 0.1) is 5.82 Å². The third kappa shape index (κ3) is 6.75. The number of nitrogens with zero attached hydrogens (tertiary/aromatic N) is 5. The van der Waals surface area contributed by atoms with Crippen LogP contribution < -0.4 is 26.0 Å². The van der Waals surface area contributed by atoms with Crippen molar-refractivity contribution in [1.82, 2.24) is 23.6 Å². The van der Waals surface area contributed by atoms with E-state index in [9.17, 15) is 28.4 Å². The van der Waals surface area contributed by atoms with Crippen molar-refractivity contribution < 1.29 is 28.2 Å². The highest BCUT2D eigenvalue weighted by molar-refractivity contribution is 8.18. The Labute approximate surface area is 296 Å². The smallest absolute Gasteiger partial charge is 0.332 e. The van der Waals surface area contributed by atoms with Gasteiger partial charge in [-0.25, -0.2) is 9.18 Å². The van der Waals surface area contributed by atoms with Gasteiger partial charge in [0.2, 0.25) is 5.91 Å². The monoisotopic (exact) mass is 738 g/mol. The number of aryl methyl sites for hydroxylation is 1. The normalized spacial score (nSPS) is 13.8. The lowest BCUT2D eigenvalue weighted by Crippen LogP contribution is -2.37. The Morgan fingerprint density at radius 2 is 1.72 bits per heavy atom. The van der Waals surface area contributed by atoms with Gasteiger partial charge in [0.15, 0.2) is 22.7 Å². The zero-order chi connectivity index (χ0) is 35.9. The second-order valence-electron chi connectivity index (χ2n) is 10.9. The van der Waals surface area contributed by atoms with E-state index in [0.717, 1.165) is 9.47 Å². The van der Waals surface area contributed by atoms with Crippen LogP contribution in [0.4, 0.5) is 14.9 Å². The number of amides is 3. The van der Waals surface area contributed by atoms with Gasteiger partial charge in [-0.05, 0) is 77.5 Å². The molecule has 1 aliphatic rings.